The number of thiophene rings is 1. The van der Waals surface area contributed by atoms with Gasteiger partial charge in [0.2, 0.25) is 0 Å². The standard InChI is InChI=1S/C15H19NOS/c1-16-8-15-13(10-17-9-11-6-7-11)12-4-2-3-5-14(12)18-15/h2-5,11,16H,6-10H2,1H3. The van der Waals surface area contributed by atoms with Gasteiger partial charge in [-0.2, -0.15) is 0 Å². The van der Waals surface area contributed by atoms with Crippen molar-refractivity contribution in [2.24, 2.45) is 5.92 Å². The molecular formula is C15H19NOS. The van der Waals surface area contributed by atoms with Gasteiger partial charge in [-0.1, -0.05) is 18.2 Å². The molecular weight excluding hydrogens is 242 g/mol. The Kier molecular flexibility index (Phi) is 3.64. The van der Waals surface area contributed by atoms with Gasteiger partial charge in [-0.15, -0.1) is 11.3 Å². The van der Waals surface area contributed by atoms with Crippen LogP contribution in [0.3, 0.4) is 0 Å². The monoisotopic (exact) mass is 261 g/mol. The molecule has 0 spiro atoms. The van der Waals surface area contributed by atoms with E-state index < -0.39 is 0 Å². The molecule has 0 bridgehead atoms. The van der Waals surface area contributed by atoms with Gasteiger partial charge >= 0.3 is 0 Å². The first-order valence-electron chi connectivity index (χ1n) is 6.60. The summed E-state index contributed by atoms with van der Waals surface area (Å²) < 4.78 is 7.24. The summed E-state index contributed by atoms with van der Waals surface area (Å²) in [5, 5.41) is 4.62. The van der Waals surface area contributed by atoms with E-state index in [9.17, 15) is 0 Å². The number of ether oxygens (including phenoxy) is 1. The van der Waals surface area contributed by atoms with Crippen molar-refractivity contribution in [1.29, 1.82) is 0 Å². The van der Waals surface area contributed by atoms with Crippen LogP contribution in [0.5, 0.6) is 0 Å². The van der Waals surface area contributed by atoms with Crippen LogP contribution in [-0.4, -0.2) is 13.7 Å². The first-order chi connectivity index (χ1) is 8.88. The molecule has 1 heterocycles. The van der Waals surface area contributed by atoms with Crippen LogP contribution in [0.15, 0.2) is 24.3 Å². The Balaban J connectivity index is 1.82. The maximum absolute atomic E-state index is 5.88. The maximum Gasteiger partial charge on any atom is 0.0734 e. The second-order valence-corrected chi connectivity index (χ2v) is 6.13. The zero-order valence-electron chi connectivity index (χ0n) is 10.7. The Morgan fingerprint density at radius 2 is 2.17 bits per heavy atom. The molecule has 0 unspecified atom stereocenters. The topological polar surface area (TPSA) is 21.3 Å². The van der Waals surface area contributed by atoms with Gasteiger partial charge in [0.1, 0.15) is 0 Å². The Bertz CT molecular complexity index is 530. The van der Waals surface area contributed by atoms with Crippen LogP contribution in [0.25, 0.3) is 10.1 Å². The Morgan fingerprint density at radius 1 is 1.33 bits per heavy atom. The predicted molar refractivity (Wildman–Crippen MR) is 77.0 cm³/mol. The van der Waals surface area contributed by atoms with Gasteiger partial charge < -0.3 is 10.1 Å². The molecule has 1 N–H and O–H groups in total. The number of rotatable bonds is 6. The van der Waals surface area contributed by atoms with E-state index in [1.165, 1.54) is 33.4 Å². The summed E-state index contributed by atoms with van der Waals surface area (Å²) in [7, 11) is 2.00. The van der Waals surface area contributed by atoms with E-state index in [0.29, 0.717) is 0 Å². The average molecular weight is 261 g/mol. The van der Waals surface area contributed by atoms with Gasteiger partial charge in [0.15, 0.2) is 0 Å². The summed E-state index contributed by atoms with van der Waals surface area (Å²) >= 11 is 1.88. The lowest BCUT2D eigenvalue weighted by atomic mass is 10.1. The molecule has 0 radical (unpaired) electrons. The van der Waals surface area contributed by atoms with Crippen molar-refractivity contribution in [2.45, 2.75) is 26.0 Å². The number of hydrogen-bond acceptors (Lipinski definition) is 3. The summed E-state index contributed by atoms with van der Waals surface area (Å²) in [6.07, 6.45) is 2.71. The van der Waals surface area contributed by atoms with Gasteiger partial charge in [-0.3, -0.25) is 0 Å². The highest BCUT2D eigenvalue weighted by molar-refractivity contribution is 7.19. The summed E-state index contributed by atoms with van der Waals surface area (Å²) in [4.78, 5) is 1.41. The first-order valence-corrected chi connectivity index (χ1v) is 7.41. The zero-order valence-corrected chi connectivity index (χ0v) is 11.6. The SMILES string of the molecule is CNCc1sc2ccccc2c1COCC1CC1. The molecule has 1 fully saturated rings. The number of hydrogen-bond donors (Lipinski definition) is 1. The molecule has 0 saturated heterocycles. The number of benzene rings is 1. The molecule has 1 aromatic heterocycles. The fraction of sp³-hybridized carbons (Fsp3) is 0.467. The molecule has 0 atom stereocenters. The van der Waals surface area contributed by atoms with E-state index in [1.807, 2.05) is 18.4 Å². The zero-order chi connectivity index (χ0) is 12.4. The minimum atomic E-state index is 0.761. The molecule has 2 nitrogen and oxygen atoms in total. The molecule has 1 aliphatic carbocycles. The molecule has 0 aliphatic heterocycles. The first kappa shape index (κ1) is 12.2. The highest BCUT2D eigenvalue weighted by Gasteiger charge is 2.21. The minimum Gasteiger partial charge on any atom is -0.376 e. The number of fused-ring (bicyclic) bond motifs is 1. The van der Waals surface area contributed by atoms with E-state index in [2.05, 4.69) is 29.6 Å². The molecule has 0 amide bonds. The Hall–Kier alpha value is -0.900. The van der Waals surface area contributed by atoms with E-state index in [4.69, 9.17) is 4.74 Å². The Morgan fingerprint density at radius 3 is 2.94 bits per heavy atom. The van der Waals surface area contributed by atoms with Crippen LogP contribution in [0.4, 0.5) is 0 Å². The summed E-state index contributed by atoms with van der Waals surface area (Å²) in [6, 6.07) is 8.63. The van der Waals surface area contributed by atoms with Crippen molar-refractivity contribution >= 4 is 21.4 Å². The smallest absolute Gasteiger partial charge is 0.0734 e. The molecule has 96 valence electrons. The van der Waals surface area contributed by atoms with Crippen LogP contribution in [0.2, 0.25) is 0 Å². The fourth-order valence-corrected chi connectivity index (χ4v) is 3.45. The molecule has 1 aromatic carbocycles. The van der Waals surface area contributed by atoms with Crippen molar-refractivity contribution in [1.82, 2.24) is 5.32 Å². The van der Waals surface area contributed by atoms with Crippen molar-refractivity contribution in [2.75, 3.05) is 13.7 Å². The maximum atomic E-state index is 5.88. The minimum absolute atomic E-state index is 0.761. The lowest BCUT2D eigenvalue weighted by Gasteiger charge is -2.05. The lowest BCUT2D eigenvalue weighted by Crippen LogP contribution is -2.06. The van der Waals surface area contributed by atoms with E-state index >= 15 is 0 Å². The third-order valence-electron chi connectivity index (χ3n) is 3.42. The average Bonchev–Trinajstić information content (AvgIpc) is 3.14. The molecule has 18 heavy (non-hydrogen) atoms. The van der Waals surface area contributed by atoms with Gasteiger partial charge in [0.25, 0.3) is 0 Å². The van der Waals surface area contributed by atoms with Crippen molar-refractivity contribution in [3.05, 3.63) is 34.7 Å². The normalized spacial score (nSPS) is 15.4. The molecule has 1 saturated carbocycles. The molecule has 1 aliphatic rings. The summed E-state index contributed by atoms with van der Waals surface area (Å²) in [5.74, 6) is 0.836. The van der Waals surface area contributed by atoms with E-state index in [1.54, 1.807) is 0 Å². The second-order valence-electron chi connectivity index (χ2n) is 4.99. The van der Waals surface area contributed by atoms with E-state index in [-0.39, 0.29) is 0 Å². The highest BCUT2D eigenvalue weighted by atomic mass is 32.1. The quantitative estimate of drug-likeness (QED) is 0.858. The van der Waals surface area contributed by atoms with Crippen LogP contribution in [0, 0.1) is 5.92 Å². The van der Waals surface area contributed by atoms with Crippen LogP contribution in [0.1, 0.15) is 23.3 Å². The molecule has 2 aromatic rings. The van der Waals surface area contributed by atoms with Gasteiger partial charge in [-0.05, 0) is 37.3 Å². The van der Waals surface area contributed by atoms with Gasteiger partial charge in [-0.25, -0.2) is 0 Å². The second kappa shape index (κ2) is 5.39. The molecule has 3 rings (SSSR count). The van der Waals surface area contributed by atoms with Gasteiger partial charge in [0, 0.05) is 28.3 Å². The fourth-order valence-electron chi connectivity index (χ4n) is 2.22. The Labute approximate surface area is 112 Å². The molecule has 3 heteroatoms. The van der Waals surface area contributed by atoms with Crippen molar-refractivity contribution in [3.8, 4) is 0 Å². The largest absolute Gasteiger partial charge is 0.376 e. The van der Waals surface area contributed by atoms with E-state index in [0.717, 1.165) is 25.7 Å². The third-order valence-corrected chi connectivity index (χ3v) is 4.63. The lowest BCUT2D eigenvalue weighted by molar-refractivity contribution is 0.112. The van der Waals surface area contributed by atoms with Crippen molar-refractivity contribution < 1.29 is 4.74 Å². The van der Waals surface area contributed by atoms with Crippen LogP contribution in [-0.2, 0) is 17.9 Å². The number of nitrogens with one attached hydrogen (secondary N) is 1. The van der Waals surface area contributed by atoms with Crippen LogP contribution >= 0.6 is 11.3 Å². The van der Waals surface area contributed by atoms with Crippen molar-refractivity contribution in [3.63, 3.8) is 0 Å². The third kappa shape index (κ3) is 2.58. The summed E-state index contributed by atoms with van der Waals surface area (Å²) in [5.41, 5.74) is 1.38. The van der Waals surface area contributed by atoms with Gasteiger partial charge in [0.05, 0.1) is 6.61 Å². The summed E-state index contributed by atoms with van der Waals surface area (Å²) in [6.45, 7) is 2.63. The predicted octanol–water partition coefficient (Wildman–Crippen LogP) is 3.55. The van der Waals surface area contributed by atoms with Crippen LogP contribution < -0.4 is 5.32 Å². The highest BCUT2D eigenvalue weighted by Crippen LogP contribution is 2.33.